The molecule has 0 aliphatic carbocycles. The van der Waals surface area contributed by atoms with Gasteiger partial charge in [0.1, 0.15) is 0 Å². The molecule has 24 heavy (non-hydrogen) atoms. The second-order valence-electron chi connectivity index (χ2n) is 7.81. The first-order chi connectivity index (χ1) is 11.3. The zero-order valence-corrected chi connectivity index (χ0v) is 16.2. The molecule has 1 aromatic carbocycles. The fraction of sp³-hybridized carbons (Fsp3) is 0.667. The van der Waals surface area contributed by atoms with E-state index in [4.69, 9.17) is 0 Å². The molecule has 0 spiro atoms. The number of carbonyl (C=O) groups excluding carboxylic acids is 1. The summed E-state index contributed by atoms with van der Waals surface area (Å²) in [6.07, 6.45) is 3.95. The minimum absolute atomic E-state index is 0.0840. The molecule has 3 nitrogen and oxygen atoms in total. The smallest absolute Gasteiger partial charge is 0.229 e. The molecule has 0 radical (unpaired) electrons. The van der Waals surface area contributed by atoms with E-state index in [1.807, 2.05) is 18.9 Å². The molecule has 1 saturated heterocycles. The highest BCUT2D eigenvalue weighted by atomic mass is 16.2. The first-order valence-corrected chi connectivity index (χ1v) is 9.42. The fourth-order valence-corrected chi connectivity index (χ4v) is 3.61. The Labute approximate surface area is 148 Å². The summed E-state index contributed by atoms with van der Waals surface area (Å²) in [5.74, 6) is 0.107. The van der Waals surface area contributed by atoms with Gasteiger partial charge < -0.3 is 4.90 Å². The number of rotatable bonds is 5. The average molecular weight is 331 g/mol. The van der Waals surface area contributed by atoms with Crippen LogP contribution in [-0.4, -0.2) is 40.9 Å². The van der Waals surface area contributed by atoms with Gasteiger partial charge in [-0.3, -0.25) is 9.69 Å². The normalized spacial score (nSPS) is 23.3. The maximum atomic E-state index is 12.5. The minimum Gasteiger partial charge on any atom is -0.343 e. The first-order valence-electron chi connectivity index (χ1n) is 9.42. The van der Waals surface area contributed by atoms with Crippen LogP contribution in [0, 0.1) is 0 Å². The first kappa shape index (κ1) is 19.0. The molecule has 1 aliphatic rings. The molecule has 3 atom stereocenters. The summed E-state index contributed by atoms with van der Waals surface area (Å²) in [7, 11) is 1.89. The average Bonchev–Trinajstić information content (AvgIpc) is 2.56. The number of likely N-dealkylation sites (tertiary alicyclic amines) is 1. The predicted molar refractivity (Wildman–Crippen MR) is 101 cm³/mol. The lowest BCUT2D eigenvalue weighted by Gasteiger charge is -2.39. The van der Waals surface area contributed by atoms with Crippen LogP contribution in [0.25, 0.3) is 0 Å². The van der Waals surface area contributed by atoms with Gasteiger partial charge in [0.05, 0.1) is 5.92 Å². The van der Waals surface area contributed by atoms with Gasteiger partial charge in [-0.15, -0.1) is 0 Å². The summed E-state index contributed by atoms with van der Waals surface area (Å²) < 4.78 is 0. The summed E-state index contributed by atoms with van der Waals surface area (Å²) in [6, 6.07) is 10.2. The molecule has 0 bridgehead atoms. The van der Waals surface area contributed by atoms with Crippen LogP contribution in [0.1, 0.15) is 70.9 Å². The summed E-state index contributed by atoms with van der Waals surface area (Å²) in [5, 5.41) is 0. The molecule has 3 heteroatoms. The quantitative estimate of drug-likeness (QED) is 0.798. The maximum Gasteiger partial charge on any atom is 0.229 e. The van der Waals surface area contributed by atoms with Gasteiger partial charge in [0.2, 0.25) is 5.91 Å². The van der Waals surface area contributed by atoms with Gasteiger partial charge in [0, 0.05) is 31.7 Å². The number of likely N-dealkylation sites (N-methyl/N-ethyl adjacent to an activating group) is 1. The number of piperidine rings is 1. The van der Waals surface area contributed by atoms with Gasteiger partial charge in [-0.1, -0.05) is 30.7 Å². The van der Waals surface area contributed by atoms with Crippen molar-refractivity contribution >= 4 is 5.91 Å². The van der Waals surface area contributed by atoms with E-state index in [0.717, 1.165) is 12.1 Å². The van der Waals surface area contributed by atoms with E-state index in [-0.39, 0.29) is 17.9 Å². The van der Waals surface area contributed by atoms with Crippen molar-refractivity contribution in [2.24, 2.45) is 0 Å². The summed E-state index contributed by atoms with van der Waals surface area (Å²) in [6.45, 7) is 11.8. The lowest BCUT2D eigenvalue weighted by atomic mass is 9.95. The fourth-order valence-electron chi connectivity index (χ4n) is 3.61. The van der Waals surface area contributed by atoms with Crippen molar-refractivity contribution in [3.8, 4) is 0 Å². The van der Waals surface area contributed by atoms with Crippen LogP contribution in [0.15, 0.2) is 24.3 Å². The molecule has 1 heterocycles. The van der Waals surface area contributed by atoms with Crippen molar-refractivity contribution in [3.05, 3.63) is 35.4 Å². The molecule has 0 saturated carbocycles. The molecule has 134 valence electrons. The van der Waals surface area contributed by atoms with Crippen LogP contribution in [0.2, 0.25) is 0 Å². The van der Waals surface area contributed by atoms with Crippen molar-refractivity contribution < 1.29 is 4.79 Å². The topological polar surface area (TPSA) is 23.6 Å². The van der Waals surface area contributed by atoms with Crippen molar-refractivity contribution in [3.63, 3.8) is 0 Å². The van der Waals surface area contributed by atoms with Crippen molar-refractivity contribution in [1.29, 1.82) is 0 Å². The maximum absolute atomic E-state index is 12.5. The summed E-state index contributed by atoms with van der Waals surface area (Å²) in [4.78, 5) is 16.9. The largest absolute Gasteiger partial charge is 0.343 e. The highest BCUT2D eigenvalue weighted by molar-refractivity contribution is 5.83. The van der Waals surface area contributed by atoms with Crippen molar-refractivity contribution in [1.82, 2.24) is 9.80 Å². The van der Waals surface area contributed by atoms with E-state index >= 15 is 0 Å². The number of hydrogen-bond donors (Lipinski definition) is 0. The number of carbonyl (C=O) groups is 1. The Morgan fingerprint density at radius 2 is 1.67 bits per heavy atom. The van der Waals surface area contributed by atoms with Gasteiger partial charge in [0.15, 0.2) is 0 Å². The summed E-state index contributed by atoms with van der Waals surface area (Å²) >= 11 is 0. The number of amides is 1. The minimum atomic E-state index is -0.0840. The Morgan fingerprint density at radius 3 is 2.17 bits per heavy atom. The van der Waals surface area contributed by atoms with Crippen molar-refractivity contribution in [2.75, 3.05) is 7.05 Å². The molecule has 1 fully saturated rings. The van der Waals surface area contributed by atoms with E-state index in [2.05, 4.69) is 56.9 Å². The van der Waals surface area contributed by atoms with Gasteiger partial charge in [-0.2, -0.15) is 0 Å². The molecule has 0 aromatic heterocycles. The monoisotopic (exact) mass is 330 g/mol. The Kier molecular flexibility index (Phi) is 6.45. The molecule has 2 rings (SSSR count). The highest BCUT2D eigenvalue weighted by Gasteiger charge is 2.25. The molecular formula is C21H34N2O. The third kappa shape index (κ3) is 4.38. The Morgan fingerprint density at radius 1 is 1.12 bits per heavy atom. The van der Waals surface area contributed by atoms with E-state index in [1.165, 1.54) is 24.8 Å². The second-order valence-corrected chi connectivity index (χ2v) is 7.81. The van der Waals surface area contributed by atoms with E-state index < -0.39 is 0 Å². The van der Waals surface area contributed by atoms with Crippen LogP contribution in [-0.2, 0) is 11.3 Å². The third-order valence-corrected chi connectivity index (χ3v) is 5.71. The van der Waals surface area contributed by atoms with Gasteiger partial charge >= 0.3 is 0 Å². The molecule has 0 N–H and O–H groups in total. The number of nitrogens with zero attached hydrogens (tertiary/aromatic N) is 2. The number of hydrogen-bond acceptors (Lipinski definition) is 2. The number of benzene rings is 1. The SMILES string of the molecule is CC(C(=O)N(C)C(C)C)c1ccc(CN2C(C)CCCC2C)cc1. The Balaban J connectivity index is 2.03. The van der Waals surface area contributed by atoms with Crippen molar-refractivity contribution in [2.45, 2.75) is 84.5 Å². The van der Waals surface area contributed by atoms with E-state index in [0.29, 0.717) is 12.1 Å². The molecular weight excluding hydrogens is 296 g/mol. The molecule has 1 amide bonds. The lowest BCUT2D eigenvalue weighted by Crippen LogP contribution is -2.42. The van der Waals surface area contributed by atoms with Gasteiger partial charge in [-0.05, 0) is 58.6 Å². The zero-order valence-electron chi connectivity index (χ0n) is 16.2. The lowest BCUT2D eigenvalue weighted by molar-refractivity contribution is -0.132. The molecule has 3 unspecified atom stereocenters. The molecule has 1 aliphatic heterocycles. The standard InChI is InChI=1S/C21H34N2O/c1-15(2)22(6)21(24)18(5)20-12-10-19(11-13-20)14-23-16(3)8-7-9-17(23)4/h10-13,15-18H,7-9,14H2,1-6H3. The van der Waals surface area contributed by atoms with Gasteiger partial charge in [-0.25, -0.2) is 0 Å². The Hall–Kier alpha value is -1.35. The zero-order chi connectivity index (χ0) is 17.9. The van der Waals surface area contributed by atoms with Crippen LogP contribution >= 0.6 is 0 Å². The third-order valence-electron chi connectivity index (χ3n) is 5.71. The van der Waals surface area contributed by atoms with Crippen LogP contribution < -0.4 is 0 Å². The molecule has 1 aromatic rings. The van der Waals surface area contributed by atoms with Crippen LogP contribution in [0.3, 0.4) is 0 Å². The second kappa shape index (κ2) is 8.15. The summed E-state index contributed by atoms with van der Waals surface area (Å²) in [5.41, 5.74) is 2.45. The predicted octanol–water partition coefficient (Wildman–Crippen LogP) is 4.42. The van der Waals surface area contributed by atoms with E-state index in [1.54, 1.807) is 0 Å². The van der Waals surface area contributed by atoms with Crippen LogP contribution in [0.5, 0.6) is 0 Å². The highest BCUT2D eigenvalue weighted by Crippen LogP contribution is 2.25. The van der Waals surface area contributed by atoms with Crippen LogP contribution in [0.4, 0.5) is 0 Å². The Bertz CT molecular complexity index is 527. The van der Waals surface area contributed by atoms with E-state index in [9.17, 15) is 4.79 Å². The van der Waals surface area contributed by atoms with Gasteiger partial charge in [0.25, 0.3) is 0 Å².